The first-order valence-electron chi connectivity index (χ1n) is 5.87. The summed E-state index contributed by atoms with van der Waals surface area (Å²) < 4.78 is 5.09. The molecule has 0 saturated carbocycles. The highest BCUT2D eigenvalue weighted by Crippen LogP contribution is 2.38. The Morgan fingerprint density at radius 1 is 1.50 bits per heavy atom. The van der Waals surface area contributed by atoms with Crippen LogP contribution in [0.25, 0.3) is 6.08 Å². The van der Waals surface area contributed by atoms with E-state index in [2.05, 4.69) is 6.08 Å². The lowest BCUT2D eigenvalue weighted by atomic mass is 9.89. The van der Waals surface area contributed by atoms with Gasteiger partial charge in [-0.25, -0.2) is 4.79 Å². The van der Waals surface area contributed by atoms with Crippen molar-refractivity contribution in [1.82, 2.24) is 0 Å². The number of aromatic hydroxyl groups is 1. The van der Waals surface area contributed by atoms with Crippen molar-refractivity contribution in [1.29, 1.82) is 0 Å². The molecule has 1 aliphatic rings. The van der Waals surface area contributed by atoms with Crippen LogP contribution in [0.2, 0.25) is 0 Å². The molecule has 18 heavy (non-hydrogen) atoms. The minimum absolute atomic E-state index is 0.126. The van der Waals surface area contributed by atoms with Crippen LogP contribution in [0.3, 0.4) is 0 Å². The van der Waals surface area contributed by atoms with Crippen LogP contribution in [-0.4, -0.2) is 16.8 Å². The molecule has 1 aromatic rings. The fourth-order valence-corrected chi connectivity index (χ4v) is 2.38. The van der Waals surface area contributed by atoms with Gasteiger partial charge in [0.15, 0.2) is 0 Å². The molecule has 4 nitrogen and oxygen atoms in total. The second-order valence-electron chi connectivity index (χ2n) is 5.16. The van der Waals surface area contributed by atoms with Gasteiger partial charge in [-0.2, -0.15) is 0 Å². The summed E-state index contributed by atoms with van der Waals surface area (Å²) in [5.74, 6) is 0.373. The standard InChI is InChI=1S/C14H17NO3/c1-14(2,18-13(15)17)8-10-4-3-9-5-6-11(16)7-12(9)10/h3-7,10,16H,8H2,1-2H3,(H2,15,17)/t10-/m0/s1. The molecule has 1 atom stereocenters. The Bertz CT molecular complexity index is 506. The van der Waals surface area contributed by atoms with Crippen LogP contribution < -0.4 is 5.73 Å². The number of fused-ring (bicyclic) bond motifs is 1. The molecule has 96 valence electrons. The second kappa shape index (κ2) is 4.37. The molecule has 0 radical (unpaired) electrons. The Labute approximate surface area is 106 Å². The van der Waals surface area contributed by atoms with E-state index in [0.717, 1.165) is 11.1 Å². The number of nitrogens with two attached hydrogens (primary N) is 1. The van der Waals surface area contributed by atoms with Gasteiger partial charge in [-0.1, -0.05) is 18.2 Å². The molecule has 0 spiro atoms. The monoisotopic (exact) mass is 247 g/mol. The molecule has 0 aromatic heterocycles. The summed E-state index contributed by atoms with van der Waals surface area (Å²) in [6.45, 7) is 3.65. The van der Waals surface area contributed by atoms with Crippen LogP contribution in [0.15, 0.2) is 24.3 Å². The molecule has 0 bridgehead atoms. The van der Waals surface area contributed by atoms with Crippen molar-refractivity contribution < 1.29 is 14.6 Å². The SMILES string of the molecule is CC(C)(C[C@@H]1C=Cc2ccc(O)cc21)OC(N)=O. The molecule has 0 unspecified atom stereocenters. The number of amides is 1. The highest BCUT2D eigenvalue weighted by Gasteiger charge is 2.29. The molecule has 1 aromatic carbocycles. The third-order valence-electron chi connectivity index (χ3n) is 3.07. The van der Waals surface area contributed by atoms with Gasteiger partial charge in [0.2, 0.25) is 0 Å². The summed E-state index contributed by atoms with van der Waals surface area (Å²) in [5.41, 5.74) is 6.56. The molecule has 1 aliphatic carbocycles. The fourth-order valence-electron chi connectivity index (χ4n) is 2.38. The molecular weight excluding hydrogens is 230 g/mol. The van der Waals surface area contributed by atoms with Crippen LogP contribution in [0, 0.1) is 0 Å². The summed E-state index contributed by atoms with van der Waals surface area (Å²) in [6.07, 6.45) is 3.93. The Morgan fingerprint density at radius 2 is 2.22 bits per heavy atom. The van der Waals surface area contributed by atoms with Crippen molar-refractivity contribution in [2.24, 2.45) is 5.73 Å². The third-order valence-corrected chi connectivity index (χ3v) is 3.07. The van der Waals surface area contributed by atoms with E-state index in [1.54, 1.807) is 12.1 Å². The lowest BCUT2D eigenvalue weighted by Gasteiger charge is -2.27. The lowest BCUT2D eigenvalue weighted by Crippen LogP contribution is -2.32. The number of carbonyl (C=O) groups excluding carboxylic acids is 1. The number of carbonyl (C=O) groups is 1. The zero-order chi connectivity index (χ0) is 13.3. The molecule has 0 fully saturated rings. The number of hydrogen-bond acceptors (Lipinski definition) is 3. The lowest BCUT2D eigenvalue weighted by molar-refractivity contribution is 0.0368. The first-order chi connectivity index (χ1) is 8.37. The zero-order valence-electron chi connectivity index (χ0n) is 10.5. The highest BCUT2D eigenvalue weighted by molar-refractivity contribution is 5.66. The number of allylic oxidation sites excluding steroid dienone is 1. The van der Waals surface area contributed by atoms with Gasteiger partial charge in [-0.15, -0.1) is 0 Å². The normalized spacial score (nSPS) is 17.6. The molecule has 0 aliphatic heterocycles. The predicted octanol–water partition coefficient (Wildman–Crippen LogP) is 2.77. The topological polar surface area (TPSA) is 72.6 Å². The number of rotatable bonds is 3. The van der Waals surface area contributed by atoms with Crippen molar-refractivity contribution in [3.05, 3.63) is 35.4 Å². The third kappa shape index (κ3) is 2.64. The number of hydrogen-bond donors (Lipinski definition) is 2. The number of phenols is 1. The largest absolute Gasteiger partial charge is 0.508 e. The Balaban J connectivity index is 2.17. The molecule has 0 heterocycles. The second-order valence-corrected chi connectivity index (χ2v) is 5.16. The number of phenolic OH excluding ortho intramolecular Hbond substituents is 1. The summed E-state index contributed by atoms with van der Waals surface area (Å²) in [4.78, 5) is 10.8. The van der Waals surface area contributed by atoms with Crippen molar-refractivity contribution >= 4 is 12.2 Å². The van der Waals surface area contributed by atoms with E-state index in [1.807, 2.05) is 26.0 Å². The highest BCUT2D eigenvalue weighted by atomic mass is 16.6. The van der Waals surface area contributed by atoms with Crippen LogP contribution in [0.5, 0.6) is 5.75 Å². The van der Waals surface area contributed by atoms with Gasteiger partial charge in [0.25, 0.3) is 0 Å². The van der Waals surface area contributed by atoms with Gasteiger partial charge < -0.3 is 15.6 Å². The average molecular weight is 247 g/mol. The van der Waals surface area contributed by atoms with Crippen molar-refractivity contribution in [3.63, 3.8) is 0 Å². The summed E-state index contributed by atoms with van der Waals surface area (Å²) in [5, 5.41) is 9.52. The van der Waals surface area contributed by atoms with Gasteiger partial charge in [0.1, 0.15) is 11.4 Å². The summed E-state index contributed by atoms with van der Waals surface area (Å²) in [7, 11) is 0. The smallest absolute Gasteiger partial charge is 0.405 e. The first kappa shape index (κ1) is 12.5. The van der Waals surface area contributed by atoms with E-state index < -0.39 is 11.7 Å². The minimum Gasteiger partial charge on any atom is -0.508 e. The van der Waals surface area contributed by atoms with Crippen molar-refractivity contribution in [2.45, 2.75) is 31.8 Å². The zero-order valence-corrected chi connectivity index (χ0v) is 10.5. The summed E-state index contributed by atoms with van der Waals surface area (Å²) >= 11 is 0. The van der Waals surface area contributed by atoms with Crippen LogP contribution in [-0.2, 0) is 4.74 Å². The molecule has 2 rings (SSSR count). The van der Waals surface area contributed by atoms with Gasteiger partial charge in [0.05, 0.1) is 0 Å². The number of primary amides is 1. The van der Waals surface area contributed by atoms with E-state index in [-0.39, 0.29) is 11.7 Å². The maximum atomic E-state index is 10.8. The first-order valence-corrected chi connectivity index (χ1v) is 5.87. The van der Waals surface area contributed by atoms with Crippen molar-refractivity contribution in [2.75, 3.05) is 0 Å². The van der Waals surface area contributed by atoms with E-state index in [0.29, 0.717) is 6.42 Å². The maximum Gasteiger partial charge on any atom is 0.405 e. The Hall–Kier alpha value is -1.97. The molecule has 1 amide bonds. The van der Waals surface area contributed by atoms with Gasteiger partial charge in [0, 0.05) is 5.92 Å². The molecule has 0 saturated heterocycles. The average Bonchev–Trinajstić information content (AvgIpc) is 2.58. The van der Waals surface area contributed by atoms with Crippen LogP contribution in [0.1, 0.15) is 37.3 Å². The van der Waals surface area contributed by atoms with Crippen molar-refractivity contribution in [3.8, 4) is 5.75 Å². The molecule has 3 N–H and O–H groups in total. The quantitative estimate of drug-likeness (QED) is 0.862. The van der Waals surface area contributed by atoms with E-state index in [1.165, 1.54) is 0 Å². The van der Waals surface area contributed by atoms with Crippen LogP contribution >= 0.6 is 0 Å². The molecule has 4 heteroatoms. The minimum atomic E-state index is -0.766. The van der Waals surface area contributed by atoms with E-state index in [4.69, 9.17) is 10.5 Å². The van der Waals surface area contributed by atoms with Gasteiger partial charge >= 0.3 is 6.09 Å². The predicted molar refractivity (Wildman–Crippen MR) is 69.2 cm³/mol. The molecular formula is C14H17NO3. The fraction of sp³-hybridized carbons (Fsp3) is 0.357. The van der Waals surface area contributed by atoms with Gasteiger partial charge in [-0.3, -0.25) is 0 Å². The number of benzene rings is 1. The Kier molecular flexibility index (Phi) is 3.03. The summed E-state index contributed by atoms with van der Waals surface area (Å²) in [6, 6.07) is 5.29. The van der Waals surface area contributed by atoms with Crippen LogP contribution in [0.4, 0.5) is 4.79 Å². The Morgan fingerprint density at radius 3 is 2.89 bits per heavy atom. The number of ether oxygens (including phenoxy) is 1. The van der Waals surface area contributed by atoms with E-state index in [9.17, 15) is 9.90 Å². The maximum absolute atomic E-state index is 10.8. The van der Waals surface area contributed by atoms with E-state index >= 15 is 0 Å². The van der Waals surface area contributed by atoms with Gasteiger partial charge in [-0.05, 0) is 43.5 Å².